The molecule has 0 aliphatic rings. The van der Waals surface area contributed by atoms with E-state index in [0.717, 1.165) is 35.4 Å². The van der Waals surface area contributed by atoms with Gasteiger partial charge in [0.05, 0.1) is 17.6 Å². The lowest BCUT2D eigenvalue weighted by Crippen LogP contribution is -2.32. The van der Waals surface area contributed by atoms with Crippen molar-refractivity contribution in [3.8, 4) is 5.69 Å². The molecule has 0 atom stereocenters. The molecule has 152 valence electrons. The number of halogens is 1. The molecule has 1 aromatic heterocycles. The van der Waals surface area contributed by atoms with Crippen LogP contribution in [-0.4, -0.2) is 26.9 Å². The second kappa shape index (κ2) is 9.14. The predicted octanol–water partition coefficient (Wildman–Crippen LogP) is 6.12. The topological polar surface area (TPSA) is 38.1 Å². The Kier molecular flexibility index (Phi) is 6.15. The van der Waals surface area contributed by atoms with Crippen molar-refractivity contribution in [3.05, 3.63) is 95.3 Å². The zero-order chi connectivity index (χ0) is 20.9. The number of nitrogens with zero attached hydrogens (tertiary/aromatic N) is 3. The zero-order valence-electron chi connectivity index (χ0n) is 17.0. The van der Waals surface area contributed by atoms with E-state index in [1.54, 1.807) is 12.1 Å². The Morgan fingerprint density at radius 2 is 1.77 bits per heavy atom. The number of benzene rings is 3. The van der Waals surface area contributed by atoms with Crippen LogP contribution in [0.15, 0.2) is 78.9 Å². The van der Waals surface area contributed by atoms with Crippen LogP contribution < -0.4 is 0 Å². The van der Waals surface area contributed by atoms with Crippen molar-refractivity contribution < 1.29 is 4.79 Å². The SMILES string of the molecule is CCCCN(Cc1nc2ccccc2n1-c1ccccc1)C(=O)c1cccc(Cl)c1. The molecule has 1 amide bonds. The largest absolute Gasteiger partial charge is 0.331 e. The second-order valence-electron chi connectivity index (χ2n) is 7.28. The van der Waals surface area contributed by atoms with Crippen molar-refractivity contribution in [2.45, 2.75) is 26.3 Å². The van der Waals surface area contributed by atoms with Crippen LogP contribution in [0.25, 0.3) is 16.7 Å². The smallest absolute Gasteiger partial charge is 0.254 e. The van der Waals surface area contributed by atoms with Gasteiger partial charge in [0.2, 0.25) is 0 Å². The van der Waals surface area contributed by atoms with Gasteiger partial charge in [-0.25, -0.2) is 4.98 Å². The molecule has 0 radical (unpaired) electrons. The Balaban J connectivity index is 1.75. The number of imidazole rings is 1. The van der Waals surface area contributed by atoms with Gasteiger partial charge in [-0.05, 0) is 48.9 Å². The summed E-state index contributed by atoms with van der Waals surface area (Å²) in [4.78, 5) is 20.0. The van der Waals surface area contributed by atoms with Crippen molar-refractivity contribution in [1.29, 1.82) is 0 Å². The molecule has 0 aliphatic heterocycles. The van der Waals surface area contributed by atoms with Gasteiger partial charge in [0.25, 0.3) is 5.91 Å². The van der Waals surface area contributed by atoms with Gasteiger partial charge in [0.1, 0.15) is 5.82 Å². The molecule has 30 heavy (non-hydrogen) atoms. The number of unbranched alkanes of at least 4 members (excludes halogenated alkanes) is 1. The maximum atomic E-state index is 13.3. The fraction of sp³-hybridized carbons (Fsp3) is 0.200. The summed E-state index contributed by atoms with van der Waals surface area (Å²) in [6, 6.07) is 25.4. The first-order valence-electron chi connectivity index (χ1n) is 10.2. The number of carbonyl (C=O) groups excluding carboxylic acids is 1. The van der Waals surface area contributed by atoms with Gasteiger partial charge in [-0.1, -0.05) is 61.3 Å². The van der Waals surface area contributed by atoms with Crippen molar-refractivity contribution in [2.24, 2.45) is 0 Å². The minimum absolute atomic E-state index is 0.0300. The van der Waals surface area contributed by atoms with Crippen LogP contribution >= 0.6 is 11.6 Å². The Morgan fingerprint density at radius 1 is 1.00 bits per heavy atom. The van der Waals surface area contributed by atoms with Gasteiger partial charge in [0.15, 0.2) is 0 Å². The molecular formula is C25H24ClN3O. The van der Waals surface area contributed by atoms with E-state index in [9.17, 15) is 4.79 Å². The minimum atomic E-state index is -0.0300. The zero-order valence-corrected chi connectivity index (χ0v) is 17.7. The lowest BCUT2D eigenvalue weighted by Gasteiger charge is -2.23. The van der Waals surface area contributed by atoms with Gasteiger partial charge in [-0.2, -0.15) is 0 Å². The first-order chi connectivity index (χ1) is 14.7. The highest BCUT2D eigenvalue weighted by atomic mass is 35.5. The van der Waals surface area contributed by atoms with Crippen LogP contribution in [0, 0.1) is 0 Å². The molecule has 4 rings (SSSR count). The molecule has 3 aromatic carbocycles. The average Bonchev–Trinajstić information content (AvgIpc) is 3.14. The highest BCUT2D eigenvalue weighted by molar-refractivity contribution is 6.30. The van der Waals surface area contributed by atoms with Crippen molar-refractivity contribution in [3.63, 3.8) is 0 Å². The molecule has 0 N–H and O–H groups in total. The molecule has 0 bridgehead atoms. The first kappa shape index (κ1) is 20.2. The van der Waals surface area contributed by atoms with Crippen molar-refractivity contribution in [2.75, 3.05) is 6.54 Å². The second-order valence-corrected chi connectivity index (χ2v) is 7.71. The summed E-state index contributed by atoms with van der Waals surface area (Å²) in [5, 5.41) is 0.563. The van der Waals surface area contributed by atoms with Crippen molar-refractivity contribution >= 4 is 28.5 Å². The van der Waals surface area contributed by atoms with Crippen LogP contribution in [0.5, 0.6) is 0 Å². The molecule has 0 aliphatic carbocycles. The Bertz CT molecular complexity index is 1150. The molecule has 0 saturated heterocycles. The van der Waals surface area contributed by atoms with Crippen LogP contribution in [0.2, 0.25) is 5.02 Å². The van der Waals surface area contributed by atoms with Crippen LogP contribution in [0.4, 0.5) is 0 Å². The van der Waals surface area contributed by atoms with E-state index in [-0.39, 0.29) is 5.91 Å². The minimum Gasteiger partial charge on any atom is -0.331 e. The van der Waals surface area contributed by atoms with Crippen LogP contribution in [-0.2, 0) is 6.54 Å². The third-order valence-electron chi connectivity index (χ3n) is 5.12. The summed E-state index contributed by atoms with van der Waals surface area (Å²) in [5.41, 5.74) is 3.58. The number of fused-ring (bicyclic) bond motifs is 1. The third kappa shape index (κ3) is 4.24. The predicted molar refractivity (Wildman–Crippen MR) is 122 cm³/mol. The summed E-state index contributed by atoms with van der Waals surface area (Å²) >= 11 is 6.13. The number of amides is 1. The summed E-state index contributed by atoms with van der Waals surface area (Å²) in [7, 11) is 0. The highest BCUT2D eigenvalue weighted by Crippen LogP contribution is 2.23. The number of hydrogen-bond acceptors (Lipinski definition) is 2. The molecule has 5 heteroatoms. The van der Waals surface area contributed by atoms with E-state index < -0.39 is 0 Å². The summed E-state index contributed by atoms with van der Waals surface area (Å²) in [6.45, 7) is 3.22. The number of aromatic nitrogens is 2. The van der Waals surface area contributed by atoms with Gasteiger partial charge >= 0.3 is 0 Å². The fourth-order valence-corrected chi connectivity index (χ4v) is 3.81. The van der Waals surface area contributed by atoms with Gasteiger partial charge in [0, 0.05) is 22.8 Å². The van der Waals surface area contributed by atoms with Gasteiger partial charge in [-0.15, -0.1) is 0 Å². The monoisotopic (exact) mass is 417 g/mol. The fourth-order valence-electron chi connectivity index (χ4n) is 3.62. The molecule has 1 heterocycles. The summed E-state index contributed by atoms with van der Waals surface area (Å²) in [5.74, 6) is 0.812. The Morgan fingerprint density at radius 3 is 2.53 bits per heavy atom. The lowest BCUT2D eigenvalue weighted by molar-refractivity contribution is 0.0736. The molecule has 4 aromatic rings. The van der Waals surface area contributed by atoms with Gasteiger partial charge in [-0.3, -0.25) is 9.36 Å². The average molecular weight is 418 g/mol. The van der Waals surface area contributed by atoms with Crippen LogP contribution in [0.1, 0.15) is 35.9 Å². The Hall–Kier alpha value is -3.11. The van der Waals surface area contributed by atoms with E-state index in [1.807, 2.05) is 53.4 Å². The van der Waals surface area contributed by atoms with Gasteiger partial charge < -0.3 is 4.90 Å². The van der Waals surface area contributed by atoms with E-state index in [0.29, 0.717) is 23.7 Å². The molecule has 0 unspecified atom stereocenters. The number of hydrogen-bond donors (Lipinski definition) is 0. The summed E-state index contributed by atoms with van der Waals surface area (Å²) < 4.78 is 2.14. The number of rotatable bonds is 7. The van der Waals surface area contributed by atoms with E-state index >= 15 is 0 Å². The maximum Gasteiger partial charge on any atom is 0.254 e. The maximum absolute atomic E-state index is 13.3. The normalized spacial score (nSPS) is 11.0. The number of carbonyl (C=O) groups is 1. The molecule has 0 saturated carbocycles. The van der Waals surface area contributed by atoms with E-state index in [4.69, 9.17) is 16.6 Å². The van der Waals surface area contributed by atoms with Crippen LogP contribution in [0.3, 0.4) is 0 Å². The number of para-hydroxylation sites is 3. The lowest BCUT2D eigenvalue weighted by atomic mass is 10.2. The summed E-state index contributed by atoms with van der Waals surface area (Å²) in [6.07, 6.45) is 1.94. The Labute approximate surface area is 181 Å². The molecule has 0 fully saturated rings. The standard InChI is InChI=1S/C25H24ClN3O/c1-2-3-16-28(25(30)19-10-9-11-20(26)17-19)18-24-27-22-14-7-8-15-23(22)29(24)21-12-5-4-6-13-21/h4-15,17H,2-3,16,18H2,1H3. The molecular weight excluding hydrogens is 394 g/mol. The molecule has 0 spiro atoms. The van der Waals surface area contributed by atoms with E-state index in [1.165, 1.54) is 0 Å². The third-order valence-corrected chi connectivity index (χ3v) is 5.35. The quantitative estimate of drug-likeness (QED) is 0.363. The highest BCUT2D eigenvalue weighted by Gasteiger charge is 2.20. The van der Waals surface area contributed by atoms with E-state index in [2.05, 4.69) is 29.7 Å². The van der Waals surface area contributed by atoms with Crippen molar-refractivity contribution in [1.82, 2.24) is 14.5 Å². The first-order valence-corrected chi connectivity index (χ1v) is 10.6. The molecule has 4 nitrogen and oxygen atoms in total.